The number of aromatic nitrogens is 4. The van der Waals surface area contributed by atoms with E-state index in [1.165, 1.54) is 16.7 Å². The Labute approximate surface area is 473 Å². The quantitative estimate of drug-likeness (QED) is 0.154. The number of nitrogens with zero attached hydrogens (tertiary/aromatic N) is 4. The summed E-state index contributed by atoms with van der Waals surface area (Å²) in [6.07, 6.45) is 1.91. The van der Waals surface area contributed by atoms with E-state index in [1.54, 1.807) is 0 Å². The summed E-state index contributed by atoms with van der Waals surface area (Å²) in [6.45, 7) is 20.0. The van der Waals surface area contributed by atoms with Gasteiger partial charge in [-0.1, -0.05) is 237 Å². The maximum atomic E-state index is 12.8. The van der Waals surface area contributed by atoms with E-state index < -0.39 is 0 Å². The van der Waals surface area contributed by atoms with Gasteiger partial charge in [0.15, 0.2) is 0 Å². The number of pyridine rings is 1. The van der Waals surface area contributed by atoms with Gasteiger partial charge in [-0.15, -0.1) is 11.6 Å². The molecule has 0 aliphatic carbocycles. The van der Waals surface area contributed by atoms with Gasteiger partial charge in [0, 0.05) is 55.3 Å². The van der Waals surface area contributed by atoms with Crippen molar-refractivity contribution in [2.24, 2.45) is 0 Å². The van der Waals surface area contributed by atoms with Gasteiger partial charge < -0.3 is 9.67 Å². The largest absolute Gasteiger partial charge is 0.507 e. The van der Waals surface area contributed by atoms with E-state index in [2.05, 4.69) is 284 Å². The summed E-state index contributed by atoms with van der Waals surface area (Å²) in [5.41, 5.74) is 19.3. The van der Waals surface area contributed by atoms with E-state index in [-0.39, 0.29) is 43.1 Å². The average Bonchev–Trinajstić information content (AvgIpc) is 4.21. The van der Waals surface area contributed by atoms with Crippen LogP contribution in [0, 0.1) is 6.07 Å². The van der Waals surface area contributed by atoms with E-state index in [1.807, 2.05) is 6.20 Å². The van der Waals surface area contributed by atoms with Gasteiger partial charge in [0.05, 0.1) is 22.3 Å². The van der Waals surface area contributed by atoms with Crippen molar-refractivity contribution in [3.05, 3.63) is 235 Å². The van der Waals surface area contributed by atoms with Crippen LogP contribution in [-0.4, -0.2) is 24.2 Å². The number of phenols is 1. The van der Waals surface area contributed by atoms with Gasteiger partial charge in [-0.3, -0.25) is 9.55 Å². The summed E-state index contributed by atoms with van der Waals surface area (Å²) in [5, 5.41) is 15.0. The first-order valence-electron chi connectivity index (χ1n) is 26.8. The topological polar surface area (TPSA) is 55.9 Å². The third kappa shape index (κ3) is 9.39. The molecule has 5 nitrogen and oxygen atoms in total. The van der Waals surface area contributed by atoms with E-state index >= 15 is 0 Å². The van der Waals surface area contributed by atoms with Crippen LogP contribution in [0.3, 0.4) is 0 Å². The number of aromatic hydroxyl groups is 1. The molecule has 9 aromatic carbocycles. The maximum Gasteiger partial charge on any atom is 0.148 e. The van der Waals surface area contributed by atoms with Crippen molar-refractivity contribution >= 4 is 32.8 Å². The zero-order valence-corrected chi connectivity index (χ0v) is 48.0. The number of hydrogen-bond donors (Lipinski definition) is 1. The fourth-order valence-corrected chi connectivity index (χ4v) is 11.0. The number of para-hydroxylation sites is 3. The van der Waals surface area contributed by atoms with Gasteiger partial charge in [0.1, 0.15) is 11.6 Å². The molecule has 0 aliphatic rings. The van der Waals surface area contributed by atoms with Crippen LogP contribution in [0.15, 0.2) is 212 Å². The second-order valence-corrected chi connectivity index (χ2v) is 23.6. The number of imidazole rings is 1. The molecule has 0 radical (unpaired) electrons. The molecule has 0 amide bonds. The Kier molecular flexibility index (Phi) is 13.3. The van der Waals surface area contributed by atoms with Crippen LogP contribution < -0.4 is 0 Å². The molecule has 12 rings (SSSR count). The van der Waals surface area contributed by atoms with Gasteiger partial charge >= 0.3 is 0 Å². The van der Waals surface area contributed by atoms with Crippen molar-refractivity contribution in [3.63, 3.8) is 0 Å². The predicted octanol–water partition coefficient (Wildman–Crippen LogP) is 18.9. The van der Waals surface area contributed by atoms with E-state index in [4.69, 9.17) is 9.97 Å². The SMILES string of the molecule is CC(C)(C)c1ccc(-n2c(-c3cc(C(C)(C)C)cc(C(C)(C)C)c3O)nc3c(-c4[c-]c(-c5cc(-c6ccc(-c7ccccc7)cc6)ccn5)cc5c4c4ccccc4n5-c4ccccc4)cccc32)c(-c2ccccc2)c1.[Pt]. The molecule has 0 saturated carbocycles. The first-order chi connectivity index (χ1) is 37.0. The fourth-order valence-electron chi connectivity index (χ4n) is 11.0. The van der Waals surface area contributed by atoms with Crippen LogP contribution >= 0.6 is 0 Å². The molecule has 6 heteroatoms. The molecule has 1 N–H and O–H groups in total. The third-order valence-electron chi connectivity index (χ3n) is 15.2. The molecular weight excluding hydrogens is 1130 g/mol. The van der Waals surface area contributed by atoms with Crippen molar-refractivity contribution in [1.82, 2.24) is 19.1 Å². The Bertz CT molecular complexity index is 4190. The number of hydrogen-bond acceptors (Lipinski definition) is 3. The molecule has 78 heavy (non-hydrogen) atoms. The van der Waals surface area contributed by atoms with E-state index in [0.29, 0.717) is 11.4 Å². The molecule has 0 atom stereocenters. The van der Waals surface area contributed by atoms with Crippen LogP contribution in [0.4, 0.5) is 0 Å². The number of fused-ring (bicyclic) bond motifs is 4. The molecule has 0 spiro atoms. The van der Waals surface area contributed by atoms with Crippen LogP contribution in [0.1, 0.15) is 79.0 Å². The second-order valence-electron chi connectivity index (χ2n) is 23.6. The first-order valence-corrected chi connectivity index (χ1v) is 26.8. The summed E-state index contributed by atoms with van der Waals surface area (Å²) in [6, 6.07) is 77.5. The van der Waals surface area contributed by atoms with E-state index in [9.17, 15) is 5.11 Å². The molecule has 3 aromatic heterocycles. The molecule has 388 valence electrons. The van der Waals surface area contributed by atoms with Crippen molar-refractivity contribution in [3.8, 4) is 84.3 Å². The molecule has 0 saturated heterocycles. The van der Waals surface area contributed by atoms with Gasteiger partial charge in [-0.25, -0.2) is 4.98 Å². The second kappa shape index (κ2) is 20.0. The Morgan fingerprint density at radius 1 is 0.449 bits per heavy atom. The minimum Gasteiger partial charge on any atom is -0.507 e. The zero-order valence-electron chi connectivity index (χ0n) is 45.8. The molecule has 12 aromatic rings. The number of phenolic OH excluding ortho intramolecular Hbond substituents is 1. The van der Waals surface area contributed by atoms with Crippen molar-refractivity contribution in [1.29, 1.82) is 0 Å². The van der Waals surface area contributed by atoms with Crippen molar-refractivity contribution in [2.45, 2.75) is 78.6 Å². The van der Waals surface area contributed by atoms with Gasteiger partial charge in [-0.05, 0) is 115 Å². The fraction of sp³-hybridized carbons (Fsp3) is 0.167. The molecule has 0 bridgehead atoms. The Morgan fingerprint density at radius 3 is 1.71 bits per heavy atom. The maximum absolute atomic E-state index is 12.8. The zero-order chi connectivity index (χ0) is 53.4. The summed E-state index contributed by atoms with van der Waals surface area (Å²) in [7, 11) is 0. The normalized spacial score (nSPS) is 12.1. The Balaban J connectivity index is 0.00000645. The van der Waals surface area contributed by atoms with Crippen molar-refractivity contribution in [2.75, 3.05) is 0 Å². The average molecular weight is 1200 g/mol. The van der Waals surface area contributed by atoms with Crippen LogP contribution in [-0.2, 0) is 37.3 Å². The first kappa shape index (κ1) is 52.0. The van der Waals surface area contributed by atoms with Crippen LogP contribution in [0.2, 0.25) is 0 Å². The van der Waals surface area contributed by atoms with Crippen molar-refractivity contribution < 1.29 is 26.2 Å². The van der Waals surface area contributed by atoms with Gasteiger partial charge in [0.25, 0.3) is 0 Å². The number of rotatable bonds is 8. The van der Waals surface area contributed by atoms with Gasteiger partial charge in [-0.2, -0.15) is 0 Å². The Morgan fingerprint density at radius 2 is 1.04 bits per heavy atom. The Hall–Kier alpha value is -8.11. The minimum atomic E-state index is -0.365. The standard InChI is InChI=1S/C72H63N4O.Pt/c1-70(2,3)52-36-37-63(57(43-52)49-24-15-11-16-25-49)76-64-31-21-29-55(67(64)74-69(76)59-44-53(71(4,5)6)45-60(68(59)77)72(7,8)9)58-40-51(42-65-66(58)56-28-19-20-30-62(56)75(65)54-26-17-12-18-27-54)61-41-50(38-39-73-61)48-34-32-47(33-35-48)46-22-13-10-14-23-46;/h10-39,41-45,77H,1-9H3;/q-1;. The molecule has 0 unspecified atom stereocenters. The third-order valence-corrected chi connectivity index (χ3v) is 15.2. The monoisotopic (exact) mass is 1190 g/mol. The molecule has 3 heterocycles. The van der Waals surface area contributed by atoms with E-state index in [0.717, 1.165) is 100.0 Å². The molecular formula is C72H63N4OPt-. The molecule has 0 aliphatic heterocycles. The van der Waals surface area contributed by atoms with Crippen LogP contribution in [0.25, 0.3) is 111 Å². The predicted molar refractivity (Wildman–Crippen MR) is 322 cm³/mol. The van der Waals surface area contributed by atoms with Gasteiger partial charge in [0.2, 0.25) is 0 Å². The number of benzene rings is 9. The summed E-state index contributed by atoms with van der Waals surface area (Å²) < 4.78 is 4.67. The summed E-state index contributed by atoms with van der Waals surface area (Å²) in [4.78, 5) is 10.9. The van der Waals surface area contributed by atoms with Crippen LogP contribution in [0.5, 0.6) is 5.75 Å². The smallest absolute Gasteiger partial charge is 0.148 e. The molecule has 0 fully saturated rings. The summed E-state index contributed by atoms with van der Waals surface area (Å²) >= 11 is 0. The minimum absolute atomic E-state index is 0. The summed E-state index contributed by atoms with van der Waals surface area (Å²) in [5.74, 6) is 0.896.